The Morgan fingerprint density at radius 1 is 1.43 bits per heavy atom. The van der Waals surface area contributed by atoms with Crippen molar-refractivity contribution >= 4 is 44.0 Å². The van der Waals surface area contributed by atoms with Crippen LogP contribution in [0.4, 0.5) is 0 Å². The largest absolute Gasteiger partial charge is 0.355 e. The van der Waals surface area contributed by atoms with Crippen LogP contribution in [0.15, 0.2) is 35.3 Å². The zero-order valence-corrected chi connectivity index (χ0v) is 9.82. The number of allylic oxidation sites excluding steroid dienone is 1. The van der Waals surface area contributed by atoms with Gasteiger partial charge in [0.15, 0.2) is 0 Å². The maximum absolute atomic E-state index is 5.72. The maximum Gasteiger partial charge on any atom is 0.0488 e. The summed E-state index contributed by atoms with van der Waals surface area (Å²) in [5.41, 5.74) is 3.03. The topological polar surface area (TPSA) is 15.8 Å². The van der Waals surface area contributed by atoms with Gasteiger partial charge in [-0.3, -0.25) is 0 Å². The van der Waals surface area contributed by atoms with Crippen molar-refractivity contribution in [3.63, 3.8) is 0 Å². The summed E-state index contributed by atoms with van der Waals surface area (Å²) in [7, 11) is 0. The van der Waals surface area contributed by atoms with Gasteiger partial charge in [-0.15, -0.1) is 11.6 Å². The zero-order chi connectivity index (χ0) is 10.1. The predicted octanol–water partition coefficient (Wildman–Crippen LogP) is 4.18. The van der Waals surface area contributed by atoms with Crippen LogP contribution in [0.25, 0.3) is 16.5 Å². The van der Waals surface area contributed by atoms with Crippen LogP contribution in [0.5, 0.6) is 0 Å². The molecule has 0 saturated carbocycles. The lowest BCUT2D eigenvalue weighted by Gasteiger charge is -1.94. The van der Waals surface area contributed by atoms with Gasteiger partial charge in [0, 0.05) is 26.9 Å². The smallest absolute Gasteiger partial charge is 0.0488 e. The first-order valence-corrected chi connectivity index (χ1v) is 5.56. The Morgan fingerprint density at radius 2 is 2.21 bits per heavy atom. The van der Waals surface area contributed by atoms with Crippen LogP contribution in [0, 0.1) is 0 Å². The van der Waals surface area contributed by atoms with Gasteiger partial charge in [-0.1, -0.05) is 22.5 Å². The molecule has 0 radical (unpaired) electrons. The van der Waals surface area contributed by atoms with Crippen LogP contribution in [-0.2, 0) is 0 Å². The fourth-order valence-corrected chi connectivity index (χ4v) is 1.89. The average Bonchev–Trinajstić information content (AvgIpc) is 2.59. The third-order valence-electron chi connectivity index (χ3n) is 2.12. The van der Waals surface area contributed by atoms with E-state index >= 15 is 0 Å². The third-order valence-corrected chi connectivity index (χ3v) is 2.94. The first-order chi connectivity index (χ1) is 6.70. The van der Waals surface area contributed by atoms with Crippen LogP contribution >= 0.6 is 27.5 Å². The van der Waals surface area contributed by atoms with Crippen molar-refractivity contribution in [2.75, 3.05) is 5.88 Å². The first-order valence-electron chi connectivity index (χ1n) is 4.23. The van der Waals surface area contributed by atoms with Gasteiger partial charge in [-0.05, 0) is 29.8 Å². The summed E-state index contributed by atoms with van der Waals surface area (Å²) in [6.45, 7) is 3.89. The molecule has 14 heavy (non-hydrogen) atoms. The third kappa shape index (κ3) is 1.72. The second kappa shape index (κ2) is 3.79. The molecule has 0 spiro atoms. The number of nitrogens with one attached hydrogen (secondary N) is 1. The van der Waals surface area contributed by atoms with E-state index in [9.17, 15) is 0 Å². The molecule has 1 aromatic carbocycles. The summed E-state index contributed by atoms with van der Waals surface area (Å²) < 4.78 is 1.08. The Hall–Kier alpha value is -0.730. The van der Waals surface area contributed by atoms with Crippen LogP contribution in [0.2, 0.25) is 0 Å². The number of H-pyrrole nitrogens is 1. The standard InChI is InChI=1S/C11H9BrClN/c1-7(6-13)11-5-8-4-9(12)2-3-10(8)14-11/h2-5,14H,1,6H2. The van der Waals surface area contributed by atoms with Crippen molar-refractivity contribution in [3.8, 4) is 0 Å². The van der Waals surface area contributed by atoms with Gasteiger partial charge >= 0.3 is 0 Å². The molecule has 1 N–H and O–H groups in total. The number of halogens is 2. The van der Waals surface area contributed by atoms with Gasteiger partial charge in [0.1, 0.15) is 0 Å². The second-order valence-electron chi connectivity index (χ2n) is 3.15. The van der Waals surface area contributed by atoms with Crippen LogP contribution in [0.1, 0.15) is 5.69 Å². The highest BCUT2D eigenvalue weighted by Gasteiger charge is 2.03. The number of aromatic nitrogens is 1. The Balaban J connectivity index is 2.56. The van der Waals surface area contributed by atoms with Crippen molar-refractivity contribution in [2.24, 2.45) is 0 Å². The van der Waals surface area contributed by atoms with E-state index in [-0.39, 0.29) is 0 Å². The molecule has 0 unspecified atom stereocenters. The highest BCUT2D eigenvalue weighted by atomic mass is 79.9. The minimum atomic E-state index is 0.452. The molecule has 0 amide bonds. The number of alkyl halides is 1. The molecule has 0 aliphatic carbocycles. The molecular weight excluding hydrogens is 261 g/mol. The van der Waals surface area contributed by atoms with E-state index in [2.05, 4.69) is 39.6 Å². The quantitative estimate of drug-likeness (QED) is 0.788. The monoisotopic (exact) mass is 269 g/mol. The normalized spacial score (nSPS) is 10.7. The van der Waals surface area contributed by atoms with Gasteiger partial charge < -0.3 is 4.98 Å². The number of benzene rings is 1. The van der Waals surface area contributed by atoms with E-state index < -0.39 is 0 Å². The zero-order valence-electron chi connectivity index (χ0n) is 7.48. The SMILES string of the molecule is C=C(CCl)c1cc2cc(Br)ccc2[nH]1. The summed E-state index contributed by atoms with van der Waals surface area (Å²) in [5.74, 6) is 0.452. The van der Waals surface area contributed by atoms with Gasteiger partial charge in [-0.2, -0.15) is 0 Å². The fraction of sp³-hybridized carbons (Fsp3) is 0.0909. The summed E-state index contributed by atoms with van der Waals surface area (Å²) in [4.78, 5) is 3.27. The molecule has 1 aromatic heterocycles. The van der Waals surface area contributed by atoms with E-state index in [0.717, 1.165) is 21.3 Å². The lowest BCUT2D eigenvalue weighted by Crippen LogP contribution is -1.81. The summed E-state index contributed by atoms with van der Waals surface area (Å²) >= 11 is 9.15. The molecule has 0 atom stereocenters. The summed E-state index contributed by atoms with van der Waals surface area (Å²) in [5, 5.41) is 1.17. The lowest BCUT2D eigenvalue weighted by molar-refractivity contribution is 1.39. The van der Waals surface area contributed by atoms with Crippen molar-refractivity contribution < 1.29 is 0 Å². The lowest BCUT2D eigenvalue weighted by atomic mass is 10.2. The van der Waals surface area contributed by atoms with Crippen molar-refractivity contribution in [3.05, 3.63) is 41.0 Å². The van der Waals surface area contributed by atoms with E-state index in [0.29, 0.717) is 5.88 Å². The molecule has 1 heterocycles. The van der Waals surface area contributed by atoms with Crippen molar-refractivity contribution in [1.82, 2.24) is 4.98 Å². The van der Waals surface area contributed by atoms with Gasteiger partial charge in [0.05, 0.1) is 0 Å². The van der Waals surface area contributed by atoms with Gasteiger partial charge in [0.25, 0.3) is 0 Å². The highest BCUT2D eigenvalue weighted by molar-refractivity contribution is 9.10. The molecular formula is C11H9BrClN. The molecule has 3 heteroatoms. The molecule has 0 aliphatic rings. The van der Waals surface area contributed by atoms with Crippen LogP contribution in [-0.4, -0.2) is 10.9 Å². The van der Waals surface area contributed by atoms with Crippen molar-refractivity contribution in [1.29, 1.82) is 0 Å². The Kier molecular flexibility index (Phi) is 2.66. The number of aromatic amines is 1. The maximum atomic E-state index is 5.72. The van der Waals surface area contributed by atoms with Gasteiger partial charge in [0.2, 0.25) is 0 Å². The Bertz CT molecular complexity index is 487. The van der Waals surface area contributed by atoms with Crippen LogP contribution in [0.3, 0.4) is 0 Å². The second-order valence-corrected chi connectivity index (χ2v) is 4.33. The van der Waals surface area contributed by atoms with E-state index in [1.165, 1.54) is 5.39 Å². The molecule has 72 valence electrons. The predicted molar refractivity (Wildman–Crippen MR) is 65.8 cm³/mol. The summed E-state index contributed by atoms with van der Waals surface area (Å²) in [6.07, 6.45) is 0. The average molecular weight is 271 g/mol. The fourth-order valence-electron chi connectivity index (χ4n) is 1.37. The first kappa shape index (κ1) is 9.81. The summed E-state index contributed by atoms with van der Waals surface area (Å²) in [6, 6.07) is 8.16. The molecule has 0 saturated heterocycles. The Labute approximate surface area is 95.9 Å². The number of fused-ring (bicyclic) bond motifs is 1. The minimum absolute atomic E-state index is 0.452. The molecule has 0 fully saturated rings. The molecule has 0 bridgehead atoms. The van der Waals surface area contributed by atoms with E-state index in [1.54, 1.807) is 0 Å². The van der Waals surface area contributed by atoms with Gasteiger partial charge in [-0.25, -0.2) is 0 Å². The van der Waals surface area contributed by atoms with Crippen molar-refractivity contribution in [2.45, 2.75) is 0 Å². The molecule has 2 rings (SSSR count). The molecule has 0 aliphatic heterocycles. The number of hydrogen-bond acceptors (Lipinski definition) is 0. The molecule has 1 nitrogen and oxygen atoms in total. The number of rotatable bonds is 2. The van der Waals surface area contributed by atoms with E-state index in [4.69, 9.17) is 11.6 Å². The number of hydrogen-bond donors (Lipinski definition) is 1. The molecule has 2 aromatic rings. The van der Waals surface area contributed by atoms with E-state index in [1.807, 2.05) is 12.1 Å². The minimum Gasteiger partial charge on any atom is -0.355 e. The Morgan fingerprint density at radius 3 is 2.93 bits per heavy atom. The van der Waals surface area contributed by atoms with Crippen LogP contribution < -0.4 is 0 Å². The highest BCUT2D eigenvalue weighted by Crippen LogP contribution is 2.23.